The SMILES string of the molecule is O=[N+]([O-])c1ccc2c(CN3CCCCC3)ccnc2c1O. The number of aromatic nitrogens is 1. The van der Waals surface area contributed by atoms with Crippen LogP contribution in [0.4, 0.5) is 5.69 Å². The molecule has 1 N–H and O–H groups in total. The lowest BCUT2D eigenvalue weighted by Gasteiger charge is -2.26. The summed E-state index contributed by atoms with van der Waals surface area (Å²) in [6.07, 6.45) is 5.30. The van der Waals surface area contributed by atoms with Crippen molar-refractivity contribution in [3.63, 3.8) is 0 Å². The Morgan fingerprint density at radius 3 is 2.71 bits per heavy atom. The highest BCUT2D eigenvalue weighted by Crippen LogP contribution is 2.34. The van der Waals surface area contributed by atoms with E-state index in [1.807, 2.05) is 6.07 Å². The summed E-state index contributed by atoms with van der Waals surface area (Å²) in [5, 5.41) is 21.7. The van der Waals surface area contributed by atoms with Crippen molar-refractivity contribution in [3.05, 3.63) is 40.1 Å². The lowest BCUT2D eigenvalue weighted by molar-refractivity contribution is -0.385. The molecular weight excluding hydrogens is 270 g/mol. The predicted molar refractivity (Wildman–Crippen MR) is 79.2 cm³/mol. The molecule has 6 nitrogen and oxygen atoms in total. The molecule has 0 unspecified atom stereocenters. The Morgan fingerprint density at radius 1 is 1.24 bits per heavy atom. The van der Waals surface area contributed by atoms with Gasteiger partial charge in [-0.1, -0.05) is 6.42 Å². The molecule has 21 heavy (non-hydrogen) atoms. The fourth-order valence-corrected chi connectivity index (χ4v) is 2.89. The predicted octanol–water partition coefficient (Wildman–Crippen LogP) is 2.83. The Balaban J connectivity index is 2.00. The largest absolute Gasteiger partial charge is 0.501 e. The third kappa shape index (κ3) is 2.67. The van der Waals surface area contributed by atoms with Gasteiger partial charge in [-0.3, -0.25) is 20.0 Å². The Kier molecular flexibility index (Phi) is 3.70. The van der Waals surface area contributed by atoms with Gasteiger partial charge in [-0.05, 0) is 43.6 Å². The smallest absolute Gasteiger partial charge is 0.313 e. The second-order valence-electron chi connectivity index (χ2n) is 5.39. The van der Waals surface area contributed by atoms with Crippen LogP contribution < -0.4 is 0 Å². The second-order valence-corrected chi connectivity index (χ2v) is 5.39. The van der Waals surface area contributed by atoms with Gasteiger partial charge in [-0.2, -0.15) is 0 Å². The maximum absolute atomic E-state index is 10.9. The van der Waals surface area contributed by atoms with E-state index in [9.17, 15) is 15.2 Å². The Morgan fingerprint density at radius 2 is 2.00 bits per heavy atom. The molecule has 1 aromatic heterocycles. The molecule has 0 bridgehead atoms. The highest BCUT2D eigenvalue weighted by atomic mass is 16.6. The van der Waals surface area contributed by atoms with Gasteiger partial charge in [-0.25, -0.2) is 0 Å². The maximum atomic E-state index is 10.9. The van der Waals surface area contributed by atoms with Gasteiger partial charge in [0.25, 0.3) is 0 Å². The zero-order valence-corrected chi connectivity index (χ0v) is 11.7. The molecule has 1 aromatic carbocycles. The summed E-state index contributed by atoms with van der Waals surface area (Å²) in [4.78, 5) is 16.8. The lowest BCUT2D eigenvalue weighted by Crippen LogP contribution is -2.29. The van der Waals surface area contributed by atoms with Gasteiger partial charge < -0.3 is 5.11 Å². The number of likely N-dealkylation sites (tertiary alicyclic amines) is 1. The standard InChI is InChI=1S/C15H17N3O3/c19-15-13(18(20)21)5-4-12-11(6-7-16-14(12)15)10-17-8-2-1-3-9-17/h4-7,19H,1-3,8-10H2. The molecule has 0 atom stereocenters. The summed E-state index contributed by atoms with van der Waals surface area (Å²) in [7, 11) is 0. The number of nitro groups is 1. The number of nitrogens with zero attached hydrogens (tertiary/aromatic N) is 3. The third-order valence-electron chi connectivity index (χ3n) is 3.99. The zero-order valence-electron chi connectivity index (χ0n) is 11.7. The minimum Gasteiger partial charge on any atom is -0.501 e. The van der Waals surface area contributed by atoms with E-state index >= 15 is 0 Å². The first-order valence-electron chi connectivity index (χ1n) is 7.13. The molecular formula is C15H17N3O3. The van der Waals surface area contributed by atoms with Crippen LogP contribution in [0.3, 0.4) is 0 Å². The number of rotatable bonds is 3. The van der Waals surface area contributed by atoms with E-state index in [0.29, 0.717) is 5.52 Å². The quantitative estimate of drug-likeness (QED) is 0.693. The van der Waals surface area contributed by atoms with E-state index in [0.717, 1.165) is 30.6 Å². The normalized spacial score (nSPS) is 16.2. The van der Waals surface area contributed by atoms with Gasteiger partial charge in [0.15, 0.2) is 0 Å². The average Bonchev–Trinajstić information content (AvgIpc) is 2.49. The highest BCUT2D eigenvalue weighted by Gasteiger charge is 2.19. The summed E-state index contributed by atoms with van der Waals surface area (Å²) in [6.45, 7) is 2.93. The third-order valence-corrected chi connectivity index (χ3v) is 3.99. The van der Waals surface area contributed by atoms with E-state index in [-0.39, 0.29) is 11.4 Å². The molecule has 1 saturated heterocycles. The van der Waals surface area contributed by atoms with Crippen molar-refractivity contribution in [2.45, 2.75) is 25.8 Å². The van der Waals surface area contributed by atoms with Gasteiger partial charge >= 0.3 is 5.69 Å². The van der Waals surface area contributed by atoms with Crippen molar-refractivity contribution in [2.24, 2.45) is 0 Å². The molecule has 0 aliphatic carbocycles. The van der Waals surface area contributed by atoms with Crippen molar-refractivity contribution in [3.8, 4) is 5.75 Å². The fourth-order valence-electron chi connectivity index (χ4n) is 2.89. The number of phenolic OH excluding ortho intramolecular Hbond substituents is 1. The van der Waals surface area contributed by atoms with Gasteiger partial charge in [0, 0.05) is 24.2 Å². The van der Waals surface area contributed by atoms with Crippen LogP contribution in [-0.2, 0) is 6.54 Å². The Bertz CT molecular complexity index is 681. The minimum absolute atomic E-state index is 0.301. The molecule has 0 spiro atoms. The first-order chi connectivity index (χ1) is 10.2. The molecule has 0 radical (unpaired) electrons. The van der Waals surface area contributed by atoms with Gasteiger partial charge in [0.2, 0.25) is 5.75 Å². The number of hydrogen-bond donors (Lipinski definition) is 1. The number of benzene rings is 1. The van der Waals surface area contributed by atoms with Crippen LogP contribution in [0.25, 0.3) is 10.9 Å². The van der Waals surface area contributed by atoms with Crippen LogP contribution in [0.5, 0.6) is 5.75 Å². The fraction of sp³-hybridized carbons (Fsp3) is 0.400. The van der Waals surface area contributed by atoms with E-state index in [4.69, 9.17) is 0 Å². The first-order valence-corrected chi connectivity index (χ1v) is 7.13. The molecule has 6 heteroatoms. The number of aromatic hydroxyl groups is 1. The number of nitro benzene ring substituents is 1. The number of fused-ring (bicyclic) bond motifs is 1. The second kappa shape index (κ2) is 5.65. The Labute approximate surface area is 122 Å². The molecule has 110 valence electrons. The minimum atomic E-state index is -0.590. The molecule has 0 saturated carbocycles. The summed E-state index contributed by atoms with van der Waals surface area (Å²) in [5.74, 6) is -0.349. The number of hydrogen-bond acceptors (Lipinski definition) is 5. The molecule has 1 aliphatic rings. The van der Waals surface area contributed by atoms with Crippen LogP contribution in [0.15, 0.2) is 24.4 Å². The highest BCUT2D eigenvalue weighted by molar-refractivity contribution is 5.90. The van der Waals surface area contributed by atoms with E-state index in [1.165, 1.54) is 25.3 Å². The summed E-state index contributed by atoms with van der Waals surface area (Å²) < 4.78 is 0. The summed E-state index contributed by atoms with van der Waals surface area (Å²) in [5.41, 5.74) is 1.05. The van der Waals surface area contributed by atoms with E-state index < -0.39 is 4.92 Å². The molecule has 1 fully saturated rings. The van der Waals surface area contributed by atoms with Crippen LogP contribution >= 0.6 is 0 Å². The number of phenols is 1. The molecule has 3 rings (SSSR count). The monoisotopic (exact) mass is 287 g/mol. The van der Waals surface area contributed by atoms with Gasteiger partial charge in [-0.15, -0.1) is 0 Å². The van der Waals surface area contributed by atoms with E-state index in [1.54, 1.807) is 12.3 Å². The molecule has 2 aromatic rings. The first kappa shape index (κ1) is 13.8. The topological polar surface area (TPSA) is 79.5 Å². The van der Waals surface area contributed by atoms with E-state index in [2.05, 4.69) is 9.88 Å². The summed E-state index contributed by atoms with van der Waals surface area (Å²) >= 11 is 0. The summed E-state index contributed by atoms with van der Waals surface area (Å²) in [6, 6.07) is 4.95. The van der Waals surface area contributed by atoms with Gasteiger partial charge in [0.05, 0.1) is 4.92 Å². The van der Waals surface area contributed by atoms with Crippen molar-refractivity contribution in [1.29, 1.82) is 0 Å². The zero-order chi connectivity index (χ0) is 14.8. The lowest BCUT2D eigenvalue weighted by atomic mass is 10.1. The maximum Gasteiger partial charge on any atom is 0.313 e. The Hall–Kier alpha value is -2.21. The molecule has 2 heterocycles. The van der Waals surface area contributed by atoms with Crippen LogP contribution in [0, 0.1) is 10.1 Å². The van der Waals surface area contributed by atoms with Gasteiger partial charge in [0.1, 0.15) is 5.52 Å². The van der Waals surface area contributed by atoms with Crippen molar-refractivity contribution < 1.29 is 10.0 Å². The number of piperidine rings is 1. The van der Waals surface area contributed by atoms with Crippen molar-refractivity contribution in [1.82, 2.24) is 9.88 Å². The van der Waals surface area contributed by atoms with Crippen molar-refractivity contribution >= 4 is 16.6 Å². The number of pyridine rings is 1. The van der Waals surface area contributed by atoms with Crippen LogP contribution in [0.2, 0.25) is 0 Å². The average molecular weight is 287 g/mol. The van der Waals surface area contributed by atoms with Crippen LogP contribution in [-0.4, -0.2) is 33.0 Å². The van der Waals surface area contributed by atoms with Crippen LogP contribution in [0.1, 0.15) is 24.8 Å². The van der Waals surface area contributed by atoms with Crippen molar-refractivity contribution in [2.75, 3.05) is 13.1 Å². The molecule has 0 amide bonds. The molecule has 1 aliphatic heterocycles.